The summed E-state index contributed by atoms with van der Waals surface area (Å²) in [7, 11) is -3.60. The first-order valence-electron chi connectivity index (χ1n) is 6.52. The van der Waals surface area contributed by atoms with Crippen LogP contribution in [0.1, 0.15) is 32.1 Å². The van der Waals surface area contributed by atoms with Gasteiger partial charge in [-0.05, 0) is 24.9 Å². The quantitative estimate of drug-likeness (QED) is 0.620. The van der Waals surface area contributed by atoms with Crippen molar-refractivity contribution in [2.24, 2.45) is 0 Å². The molecule has 112 valence electrons. The topological polar surface area (TPSA) is 94.1 Å². The molecule has 0 aliphatic carbocycles. The minimum Gasteiger partial charge on any atom is -0.544 e. The van der Waals surface area contributed by atoms with Crippen LogP contribution < -0.4 is 9.83 Å². The molecule has 0 unspecified atom stereocenters. The van der Waals surface area contributed by atoms with Gasteiger partial charge < -0.3 is 9.90 Å². The second kappa shape index (κ2) is 8.08. The number of nitrogens with zero attached hydrogens (tertiary/aromatic N) is 1. The predicted molar refractivity (Wildman–Crippen MR) is 72.7 cm³/mol. The van der Waals surface area contributed by atoms with Crippen molar-refractivity contribution in [3.63, 3.8) is 0 Å². The molecule has 0 spiro atoms. The second-order valence-electron chi connectivity index (χ2n) is 4.70. The number of quaternary nitrogens is 1. The van der Waals surface area contributed by atoms with Crippen LogP contribution in [0.2, 0.25) is 0 Å². The summed E-state index contributed by atoms with van der Waals surface area (Å²) in [6.07, 6.45) is 5.89. The smallest absolute Gasteiger partial charge is 0.369 e. The highest BCUT2D eigenvalue weighted by molar-refractivity contribution is 7.98. The summed E-state index contributed by atoms with van der Waals surface area (Å²) in [6.45, 7) is 0.974. The minimum atomic E-state index is -3.60. The molecule has 1 saturated heterocycles. The van der Waals surface area contributed by atoms with Crippen LogP contribution in [0, 0.1) is 0 Å². The third kappa shape index (κ3) is 5.68. The van der Waals surface area contributed by atoms with Crippen LogP contribution in [-0.4, -0.2) is 49.8 Å². The molecule has 0 bridgehead atoms. The number of rotatable bonds is 7. The summed E-state index contributed by atoms with van der Waals surface area (Å²) in [5.74, 6) is -0.711. The molecule has 1 heterocycles. The van der Waals surface area contributed by atoms with Gasteiger partial charge in [0.1, 0.15) is 12.0 Å². The Morgan fingerprint density at radius 2 is 1.89 bits per heavy atom. The van der Waals surface area contributed by atoms with Gasteiger partial charge in [0.15, 0.2) is 0 Å². The molecule has 1 aliphatic rings. The van der Waals surface area contributed by atoms with Crippen LogP contribution in [0.4, 0.5) is 0 Å². The molecule has 1 atom stereocenters. The molecule has 0 saturated carbocycles. The predicted octanol–water partition coefficient (Wildman–Crippen LogP) is -1.46. The maximum Gasteiger partial charge on any atom is 0.369 e. The molecule has 0 aromatic heterocycles. The Balaban J connectivity index is 2.66. The van der Waals surface area contributed by atoms with Crippen LogP contribution in [-0.2, 0) is 15.0 Å². The van der Waals surface area contributed by atoms with E-state index in [0.29, 0.717) is 18.8 Å². The molecule has 0 aromatic carbocycles. The van der Waals surface area contributed by atoms with Gasteiger partial charge in [0, 0.05) is 19.5 Å². The van der Waals surface area contributed by atoms with Gasteiger partial charge in [-0.3, -0.25) is 0 Å². The van der Waals surface area contributed by atoms with E-state index >= 15 is 0 Å². The normalized spacial score (nSPS) is 19.8. The fourth-order valence-corrected chi connectivity index (χ4v) is 4.17. The van der Waals surface area contributed by atoms with Gasteiger partial charge in [-0.2, -0.15) is 24.5 Å². The van der Waals surface area contributed by atoms with E-state index in [1.165, 1.54) is 16.1 Å². The highest BCUT2D eigenvalue weighted by Crippen LogP contribution is 2.11. The van der Waals surface area contributed by atoms with E-state index in [4.69, 9.17) is 0 Å². The van der Waals surface area contributed by atoms with Gasteiger partial charge in [-0.25, -0.2) is 4.72 Å². The van der Waals surface area contributed by atoms with E-state index in [9.17, 15) is 18.3 Å². The van der Waals surface area contributed by atoms with Crippen molar-refractivity contribution in [1.29, 1.82) is 0 Å². The number of aliphatic carboxylic acids is 1. The number of nitrogens with two attached hydrogens (primary N) is 1. The SMILES string of the molecule is CSCC[C@H]([NH2+]S(=O)(=O)N1CCCCCC1)C(=O)[O-]. The summed E-state index contributed by atoms with van der Waals surface area (Å²) in [5.41, 5.74) is 0. The largest absolute Gasteiger partial charge is 0.544 e. The van der Waals surface area contributed by atoms with Crippen LogP contribution in [0.3, 0.4) is 0 Å². The Morgan fingerprint density at radius 1 is 1.32 bits per heavy atom. The van der Waals surface area contributed by atoms with E-state index in [-0.39, 0.29) is 6.42 Å². The Labute approximate surface area is 119 Å². The van der Waals surface area contributed by atoms with Crippen LogP contribution in [0.15, 0.2) is 0 Å². The molecule has 19 heavy (non-hydrogen) atoms. The van der Waals surface area contributed by atoms with Gasteiger partial charge in [-0.1, -0.05) is 12.8 Å². The molecule has 0 amide bonds. The molecule has 1 fully saturated rings. The first-order valence-corrected chi connectivity index (χ1v) is 9.42. The number of carboxylic acids is 1. The molecule has 1 aliphatic heterocycles. The first-order chi connectivity index (χ1) is 8.97. The summed E-state index contributed by atoms with van der Waals surface area (Å²) in [5, 5.41) is 11.0. The zero-order chi connectivity index (χ0) is 14.3. The van der Waals surface area contributed by atoms with Crippen LogP contribution in [0.5, 0.6) is 0 Å². The fraction of sp³-hybridized carbons (Fsp3) is 0.909. The van der Waals surface area contributed by atoms with E-state index in [0.717, 1.165) is 30.4 Å². The molecular weight excluding hydrogens is 288 g/mol. The number of hydrogen-bond donors (Lipinski definition) is 1. The van der Waals surface area contributed by atoms with Crippen molar-refractivity contribution >= 4 is 27.9 Å². The average Bonchev–Trinajstić information content (AvgIpc) is 2.63. The fourth-order valence-electron chi connectivity index (χ4n) is 2.08. The van der Waals surface area contributed by atoms with Crippen molar-refractivity contribution in [3.05, 3.63) is 0 Å². The third-order valence-corrected chi connectivity index (χ3v) is 5.60. The number of hydrogen-bond acceptors (Lipinski definition) is 5. The maximum atomic E-state index is 12.2. The van der Waals surface area contributed by atoms with Crippen LogP contribution in [0.25, 0.3) is 0 Å². The summed E-state index contributed by atoms with van der Waals surface area (Å²) in [4.78, 5) is 11.0. The third-order valence-electron chi connectivity index (χ3n) is 3.20. The average molecular weight is 310 g/mol. The van der Waals surface area contributed by atoms with Crippen molar-refractivity contribution in [2.75, 3.05) is 25.1 Å². The van der Waals surface area contributed by atoms with Crippen molar-refractivity contribution in [3.8, 4) is 0 Å². The van der Waals surface area contributed by atoms with Gasteiger partial charge in [-0.15, -0.1) is 0 Å². The van der Waals surface area contributed by atoms with E-state index in [1.807, 2.05) is 6.26 Å². The highest BCUT2D eigenvalue weighted by Gasteiger charge is 2.30. The monoisotopic (exact) mass is 310 g/mol. The number of carbonyl (C=O) groups is 1. The zero-order valence-electron chi connectivity index (χ0n) is 11.2. The molecule has 8 heteroatoms. The maximum absolute atomic E-state index is 12.2. The summed E-state index contributed by atoms with van der Waals surface area (Å²) >= 11 is 1.49. The Bertz CT molecular complexity index is 378. The lowest BCUT2D eigenvalue weighted by molar-refractivity contribution is -0.544. The van der Waals surface area contributed by atoms with Gasteiger partial charge in [0.25, 0.3) is 0 Å². The van der Waals surface area contributed by atoms with E-state index in [2.05, 4.69) is 0 Å². The standard InChI is InChI=1S/C11H22N2O4S2/c1-18-9-6-10(11(14)15)12-19(16,17)13-7-4-2-3-5-8-13/h10,12H,2-9H2,1H3,(H,14,15)/t10-/m0/s1. The minimum absolute atomic E-state index is 0.288. The Hall–Kier alpha value is -0.310. The van der Waals surface area contributed by atoms with Gasteiger partial charge >= 0.3 is 10.2 Å². The van der Waals surface area contributed by atoms with Gasteiger partial charge in [0.2, 0.25) is 0 Å². The van der Waals surface area contributed by atoms with Crippen molar-refractivity contribution < 1.29 is 23.0 Å². The van der Waals surface area contributed by atoms with Crippen LogP contribution >= 0.6 is 11.8 Å². The second-order valence-corrected chi connectivity index (χ2v) is 7.51. The molecule has 6 nitrogen and oxygen atoms in total. The summed E-state index contributed by atoms with van der Waals surface area (Å²) < 4.78 is 26.7. The highest BCUT2D eigenvalue weighted by atomic mass is 32.2. The lowest BCUT2D eigenvalue weighted by Crippen LogP contribution is -2.97. The van der Waals surface area contributed by atoms with Crippen molar-refractivity contribution in [2.45, 2.75) is 38.1 Å². The van der Waals surface area contributed by atoms with Crippen molar-refractivity contribution in [1.82, 2.24) is 4.31 Å². The summed E-state index contributed by atoms with van der Waals surface area (Å²) in [6, 6.07) is -1.03. The number of carboxylic acid groups (broad SMARTS) is 1. The van der Waals surface area contributed by atoms with E-state index < -0.39 is 22.2 Å². The lowest BCUT2D eigenvalue weighted by atomic mass is 10.2. The zero-order valence-corrected chi connectivity index (χ0v) is 12.8. The lowest BCUT2D eigenvalue weighted by Gasteiger charge is -2.22. The van der Waals surface area contributed by atoms with E-state index in [1.54, 1.807) is 0 Å². The first kappa shape index (κ1) is 16.7. The molecular formula is C11H22N2O4S2. The Kier molecular flexibility index (Phi) is 7.12. The van der Waals surface area contributed by atoms with Gasteiger partial charge in [0.05, 0.1) is 0 Å². The molecule has 0 radical (unpaired) electrons. The Morgan fingerprint density at radius 3 is 2.37 bits per heavy atom. The number of carbonyl (C=O) groups excluding carboxylic acids is 1. The molecule has 1 rings (SSSR count). The number of thioether (sulfide) groups is 1. The molecule has 2 N–H and O–H groups in total. The molecule has 0 aromatic rings.